The molecule has 40 valence electrons. The molecule has 0 N–H and O–H groups in total. The van der Waals surface area contributed by atoms with E-state index in [1.807, 2.05) is 0 Å². The Bertz CT molecular complexity index is 6.90. The van der Waals surface area contributed by atoms with Crippen LogP contribution in [0.25, 0.3) is 0 Å². The molecule has 0 atom stereocenters. The quantitative estimate of drug-likeness (QED) is 0.273. The van der Waals surface area contributed by atoms with E-state index in [4.69, 9.17) is 0 Å². The third kappa shape index (κ3) is 55.3. The van der Waals surface area contributed by atoms with Crippen molar-refractivity contribution in [2.75, 3.05) is 0 Å². The van der Waals surface area contributed by atoms with Crippen LogP contribution in [0.4, 0.5) is 0 Å². The third-order valence-corrected chi connectivity index (χ3v) is 0. The molecular formula is O4Pb3-4. The molecular weight excluding hydrogens is 686 g/mol. The Morgan fingerprint density at radius 3 is 0.429 bits per heavy atom. The number of hydrogen-bond donors (Lipinski definition) is 0. The van der Waals surface area contributed by atoms with Gasteiger partial charge >= 0.3 is 54.6 Å². The molecule has 0 aliphatic rings. The van der Waals surface area contributed by atoms with Crippen LogP contribution in [0.5, 0.6) is 0 Å². The second-order valence-corrected chi connectivity index (χ2v) is 0. The van der Waals surface area contributed by atoms with Crippen molar-refractivity contribution in [3.63, 3.8) is 0 Å². The van der Waals surface area contributed by atoms with E-state index in [0.29, 0.717) is 0 Å². The molecule has 0 bridgehead atoms. The predicted molar refractivity (Wildman–Crippen MR) is 20.0 cm³/mol. The van der Waals surface area contributed by atoms with E-state index in [2.05, 4.69) is 0 Å². The molecule has 0 aromatic carbocycles. The maximum absolute atomic E-state index is 0. The monoisotopic (exact) mass is 688 g/mol. The fourth-order valence-electron chi connectivity index (χ4n) is 0. The first kappa shape index (κ1) is 105. The molecule has 0 unspecified atom stereocenters. The van der Waals surface area contributed by atoms with Gasteiger partial charge in [-0.05, 0) is 0 Å². The minimum atomic E-state index is 0. The second-order valence-electron chi connectivity index (χ2n) is 0. The Morgan fingerprint density at radius 1 is 0.429 bits per heavy atom. The summed E-state index contributed by atoms with van der Waals surface area (Å²) >= 11 is 0. The molecule has 0 heterocycles. The molecule has 0 saturated heterocycles. The van der Waals surface area contributed by atoms with Gasteiger partial charge in [-0.3, -0.25) is 0 Å². The summed E-state index contributed by atoms with van der Waals surface area (Å²) in [5, 5.41) is 0. The van der Waals surface area contributed by atoms with Crippen molar-refractivity contribution in [3.8, 4) is 0 Å². The summed E-state index contributed by atoms with van der Waals surface area (Å²) in [4.78, 5) is 0. The normalized spacial score (nSPS) is 0. The van der Waals surface area contributed by atoms with Crippen LogP contribution >= 0.6 is 0 Å². The standard InChI is InChI=1S/4O.3Pb/q4*-2;;2*+2. The summed E-state index contributed by atoms with van der Waals surface area (Å²) in [6, 6.07) is 0. The molecule has 4 nitrogen and oxygen atoms in total. The summed E-state index contributed by atoms with van der Waals surface area (Å²) in [6.07, 6.45) is 0. The fraction of sp³-hybridized carbons (Fsp3) is 0. The fourth-order valence-corrected chi connectivity index (χ4v) is 0. The van der Waals surface area contributed by atoms with Crippen LogP contribution in [0, 0.1) is 0 Å². The average molecular weight is 686 g/mol. The van der Waals surface area contributed by atoms with Crippen LogP contribution in [-0.4, -0.2) is 81.9 Å². The van der Waals surface area contributed by atoms with Crippen molar-refractivity contribution < 1.29 is 21.9 Å². The first-order chi connectivity index (χ1) is 0. The SMILES string of the molecule is [O-2].[O-2].[O-2].[O-2].[Pb+2].[Pb+2].[Pb]. The van der Waals surface area contributed by atoms with Crippen LogP contribution in [-0.2, 0) is 21.9 Å². The molecule has 7 heavy (non-hydrogen) atoms. The van der Waals surface area contributed by atoms with E-state index < -0.39 is 0 Å². The third-order valence-electron chi connectivity index (χ3n) is 0. The van der Waals surface area contributed by atoms with Crippen LogP contribution in [0.2, 0.25) is 0 Å². The van der Waals surface area contributed by atoms with Gasteiger partial charge in [0.2, 0.25) is 0 Å². The molecule has 0 aliphatic carbocycles. The largest absolute Gasteiger partial charge is 2.00 e. The summed E-state index contributed by atoms with van der Waals surface area (Å²) in [5.41, 5.74) is 0. The number of rotatable bonds is 0. The maximum atomic E-state index is 0. The first-order valence-electron chi connectivity index (χ1n) is 0. The first-order valence-corrected chi connectivity index (χ1v) is 0. The van der Waals surface area contributed by atoms with Crippen LogP contribution in [0.1, 0.15) is 0 Å². The Hall–Kier alpha value is 2.61. The van der Waals surface area contributed by atoms with Crippen molar-refractivity contribution in [1.82, 2.24) is 0 Å². The van der Waals surface area contributed by atoms with Gasteiger partial charge < -0.3 is 21.9 Å². The van der Waals surface area contributed by atoms with Crippen molar-refractivity contribution in [1.29, 1.82) is 0 Å². The molecule has 0 rings (SSSR count). The van der Waals surface area contributed by atoms with Gasteiger partial charge in [-0.1, -0.05) is 0 Å². The van der Waals surface area contributed by atoms with Gasteiger partial charge in [0, 0.05) is 27.3 Å². The van der Waals surface area contributed by atoms with E-state index in [1.54, 1.807) is 0 Å². The van der Waals surface area contributed by atoms with Crippen molar-refractivity contribution in [2.24, 2.45) is 0 Å². The average Bonchev–Trinajstić information content (AvgIpc) is 0. The number of hydrogen-bond acceptors (Lipinski definition) is 0. The molecule has 0 aromatic rings. The summed E-state index contributed by atoms with van der Waals surface area (Å²) in [6.45, 7) is 0. The molecule has 0 fully saturated rings. The maximum Gasteiger partial charge on any atom is 2.00 e. The van der Waals surface area contributed by atoms with Gasteiger partial charge in [0.1, 0.15) is 0 Å². The van der Waals surface area contributed by atoms with Crippen molar-refractivity contribution in [2.45, 2.75) is 0 Å². The molecule has 0 aliphatic heterocycles. The van der Waals surface area contributed by atoms with Gasteiger partial charge in [-0.2, -0.15) is 0 Å². The Morgan fingerprint density at radius 2 is 0.429 bits per heavy atom. The smallest absolute Gasteiger partial charge is 2.00 e. The zero-order valence-corrected chi connectivity index (χ0v) is 14.8. The van der Waals surface area contributed by atoms with E-state index in [1.165, 1.54) is 0 Å². The van der Waals surface area contributed by atoms with Gasteiger partial charge in [0.15, 0.2) is 0 Å². The van der Waals surface area contributed by atoms with E-state index >= 15 is 0 Å². The van der Waals surface area contributed by atoms with Gasteiger partial charge in [-0.25, -0.2) is 0 Å². The summed E-state index contributed by atoms with van der Waals surface area (Å²) < 4.78 is 0. The van der Waals surface area contributed by atoms with E-state index in [0.717, 1.165) is 0 Å². The molecule has 8 radical (unpaired) electrons. The van der Waals surface area contributed by atoms with Crippen molar-refractivity contribution >= 4 is 81.9 Å². The predicted octanol–water partition coefficient (Wildman–Crippen LogP) is -1.62. The zero-order valence-electron chi connectivity index (χ0n) is 3.13. The van der Waals surface area contributed by atoms with E-state index in [-0.39, 0.29) is 104 Å². The van der Waals surface area contributed by atoms with Crippen LogP contribution in [0.3, 0.4) is 0 Å². The molecule has 0 spiro atoms. The Kier molecular flexibility index (Phi) is 1100. The zero-order chi connectivity index (χ0) is 0. The molecule has 0 aromatic heterocycles. The van der Waals surface area contributed by atoms with Crippen molar-refractivity contribution in [3.05, 3.63) is 0 Å². The Balaban J connectivity index is 0. The second kappa shape index (κ2) is 73.3. The van der Waals surface area contributed by atoms with Gasteiger partial charge in [0.05, 0.1) is 0 Å². The van der Waals surface area contributed by atoms with E-state index in [9.17, 15) is 0 Å². The topological polar surface area (TPSA) is 114 Å². The van der Waals surface area contributed by atoms with Crippen LogP contribution < -0.4 is 0 Å². The summed E-state index contributed by atoms with van der Waals surface area (Å²) in [5.74, 6) is 0. The minimum Gasteiger partial charge on any atom is -2.00 e. The molecule has 0 saturated carbocycles. The summed E-state index contributed by atoms with van der Waals surface area (Å²) in [7, 11) is 0. The minimum absolute atomic E-state index is 0. The van der Waals surface area contributed by atoms with Gasteiger partial charge in [-0.15, -0.1) is 0 Å². The van der Waals surface area contributed by atoms with Crippen LogP contribution in [0.15, 0.2) is 0 Å². The molecule has 0 amide bonds. The van der Waals surface area contributed by atoms with Gasteiger partial charge in [0.25, 0.3) is 0 Å². The molecule has 7 heteroatoms. The Labute approximate surface area is 102 Å².